The van der Waals surface area contributed by atoms with Gasteiger partial charge in [0.1, 0.15) is 18.1 Å². The average Bonchev–Trinajstić information content (AvgIpc) is 2.86. The van der Waals surface area contributed by atoms with Crippen LogP contribution in [0.5, 0.6) is 28.7 Å². The molecular formula is C29H26O5. The fourth-order valence-corrected chi connectivity index (χ4v) is 3.30. The van der Waals surface area contributed by atoms with Gasteiger partial charge in [-0.05, 0) is 55.8 Å². The van der Waals surface area contributed by atoms with Crippen LogP contribution in [0.1, 0.15) is 27.0 Å². The van der Waals surface area contributed by atoms with Crippen molar-refractivity contribution in [2.24, 2.45) is 0 Å². The second kappa shape index (κ2) is 10.6. The highest BCUT2D eigenvalue weighted by molar-refractivity contribution is 5.91. The van der Waals surface area contributed by atoms with Crippen molar-refractivity contribution in [3.63, 3.8) is 0 Å². The number of hydrogen-bond donors (Lipinski definition) is 0. The molecule has 0 heterocycles. The summed E-state index contributed by atoms with van der Waals surface area (Å²) in [6.07, 6.45) is 0. The van der Waals surface area contributed by atoms with E-state index in [1.165, 1.54) is 7.11 Å². The van der Waals surface area contributed by atoms with Gasteiger partial charge in [-0.3, -0.25) is 0 Å². The predicted molar refractivity (Wildman–Crippen MR) is 131 cm³/mol. The molecule has 0 amide bonds. The Labute approximate surface area is 199 Å². The summed E-state index contributed by atoms with van der Waals surface area (Å²) in [6.45, 7) is 4.31. The van der Waals surface area contributed by atoms with Gasteiger partial charge in [-0.25, -0.2) is 4.79 Å². The van der Waals surface area contributed by atoms with Crippen molar-refractivity contribution in [1.29, 1.82) is 0 Å². The number of carbonyl (C=O) groups excluding carboxylic acids is 1. The van der Waals surface area contributed by atoms with E-state index in [-0.39, 0.29) is 0 Å². The highest BCUT2D eigenvalue weighted by Crippen LogP contribution is 2.43. The van der Waals surface area contributed by atoms with Crippen LogP contribution >= 0.6 is 0 Å². The molecule has 0 atom stereocenters. The molecule has 172 valence electrons. The summed E-state index contributed by atoms with van der Waals surface area (Å²) in [5.74, 6) is 1.81. The summed E-state index contributed by atoms with van der Waals surface area (Å²) in [4.78, 5) is 12.4. The van der Waals surface area contributed by atoms with Gasteiger partial charge in [-0.2, -0.15) is 0 Å². The molecule has 0 aromatic heterocycles. The fraction of sp³-hybridized carbons (Fsp3) is 0.138. The van der Waals surface area contributed by atoms with E-state index in [4.69, 9.17) is 18.9 Å². The van der Waals surface area contributed by atoms with Crippen LogP contribution in [0.2, 0.25) is 0 Å². The van der Waals surface area contributed by atoms with E-state index >= 15 is 0 Å². The maximum Gasteiger partial charge on any atom is 0.338 e. The lowest BCUT2D eigenvalue weighted by Crippen LogP contribution is -2.05. The lowest BCUT2D eigenvalue weighted by molar-refractivity contribution is 0.0600. The molecule has 0 aliphatic heterocycles. The van der Waals surface area contributed by atoms with E-state index in [0.717, 1.165) is 16.7 Å². The van der Waals surface area contributed by atoms with Gasteiger partial charge >= 0.3 is 5.97 Å². The molecule has 0 N–H and O–H groups in total. The number of methoxy groups -OCH3 is 1. The number of esters is 1. The molecule has 0 aliphatic carbocycles. The number of hydrogen-bond acceptors (Lipinski definition) is 5. The van der Waals surface area contributed by atoms with Crippen LogP contribution in [-0.2, 0) is 11.3 Å². The molecule has 0 radical (unpaired) electrons. The number of aryl methyl sites for hydroxylation is 2. The summed E-state index contributed by atoms with van der Waals surface area (Å²) in [7, 11) is 1.34. The van der Waals surface area contributed by atoms with E-state index < -0.39 is 5.97 Å². The first-order chi connectivity index (χ1) is 16.5. The summed E-state index contributed by atoms with van der Waals surface area (Å²) in [5, 5.41) is 0. The zero-order chi connectivity index (χ0) is 23.9. The van der Waals surface area contributed by atoms with E-state index in [2.05, 4.69) is 0 Å². The minimum Gasteiger partial charge on any atom is -0.482 e. The van der Waals surface area contributed by atoms with E-state index in [9.17, 15) is 4.79 Å². The second-order valence-electron chi connectivity index (χ2n) is 7.90. The Hall–Kier alpha value is -4.25. The molecule has 0 saturated carbocycles. The SMILES string of the molecule is COC(=O)c1cc(Oc2ccc(C)cc2)c(OCc2ccccc2)c(Oc2ccc(C)cc2)c1. The third-order valence-corrected chi connectivity index (χ3v) is 5.17. The highest BCUT2D eigenvalue weighted by atomic mass is 16.5. The van der Waals surface area contributed by atoms with Crippen molar-refractivity contribution in [3.05, 3.63) is 113 Å². The van der Waals surface area contributed by atoms with Crippen LogP contribution in [0, 0.1) is 13.8 Å². The van der Waals surface area contributed by atoms with Crippen molar-refractivity contribution in [2.45, 2.75) is 20.5 Å². The van der Waals surface area contributed by atoms with Gasteiger partial charge in [0.15, 0.2) is 11.5 Å². The lowest BCUT2D eigenvalue weighted by atomic mass is 10.1. The largest absolute Gasteiger partial charge is 0.482 e. The molecule has 34 heavy (non-hydrogen) atoms. The molecule has 4 aromatic rings. The lowest BCUT2D eigenvalue weighted by Gasteiger charge is -2.18. The third kappa shape index (κ3) is 5.75. The van der Waals surface area contributed by atoms with Crippen molar-refractivity contribution in [2.75, 3.05) is 7.11 Å². The molecule has 5 nitrogen and oxygen atoms in total. The topological polar surface area (TPSA) is 54.0 Å². The molecular weight excluding hydrogens is 428 g/mol. The van der Waals surface area contributed by atoms with Crippen LogP contribution < -0.4 is 14.2 Å². The van der Waals surface area contributed by atoms with Gasteiger partial charge in [0, 0.05) is 0 Å². The first-order valence-electron chi connectivity index (χ1n) is 10.9. The van der Waals surface area contributed by atoms with Crippen molar-refractivity contribution < 1.29 is 23.7 Å². The zero-order valence-corrected chi connectivity index (χ0v) is 19.4. The number of ether oxygens (including phenoxy) is 4. The fourth-order valence-electron chi connectivity index (χ4n) is 3.30. The third-order valence-electron chi connectivity index (χ3n) is 5.17. The van der Waals surface area contributed by atoms with Crippen molar-refractivity contribution in [1.82, 2.24) is 0 Å². The first kappa shape index (κ1) is 22.9. The Morgan fingerprint density at radius 2 is 1.21 bits per heavy atom. The average molecular weight is 455 g/mol. The van der Waals surface area contributed by atoms with Crippen LogP contribution in [0.4, 0.5) is 0 Å². The summed E-state index contributed by atoms with van der Waals surface area (Å²) < 4.78 is 23.5. The van der Waals surface area contributed by atoms with Crippen molar-refractivity contribution in [3.8, 4) is 28.7 Å². The molecule has 5 heteroatoms. The monoisotopic (exact) mass is 454 g/mol. The minimum atomic E-state index is -0.503. The normalized spacial score (nSPS) is 10.4. The Balaban J connectivity index is 1.78. The molecule has 0 unspecified atom stereocenters. The van der Waals surface area contributed by atoms with Gasteiger partial charge in [0.25, 0.3) is 0 Å². The maximum atomic E-state index is 12.4. The van der Waals surface area contributed by atoms with Gasteiger partial charge < -0.3 is 18.9 Å². The molecule has 0 saturated heterocycles. The van der Waals surface area contributed by atoms with Crippen LogP contribution in [0.15, 0.2) is 91.0 Å². The summed E-state index contributed by atoms with van der Waals surface area (Å²) in [6, 6.07) is 28.3. The zero-order valence-electron chi connectivity index (χ0n) is 19.4. The summed E-state index contributed by atoms with van der Waals surface area (Å²) >= 11 is 0. The molecule has 0 bridgehead atoms. The van der Waals surface area contributed by atoms with Crippen LogP contribution in [-0.4, -0.2) is 13.1 Å². The highest BCUT2D eigenvalue weighted by Gasteiger charge is 2.21. The van der Waals surface area contributed by atoms with Crippen LogP contribution in [0.25, 0.3) is 0 Å². The Morgan fingerprint density at radius 3 is 1.68 bits per heavy atom. The number of benzene rings is 4. The number of rotatable bonds is 8. The molecule has 0 fully saturated rings. The minimum absolute atomic E-state index is 0.291. The van der Waals surface area contributed by atoms with Gasteiger partial charge in [0.05, 0.1) is 12.7 Å². The van der Waals surface area contributed by atoms with E-state index in [1.54, 1.807) is 12.1 Å². The van der Waals surface area contributed by atoms with E-state index in [1.807, 2.05) is 92.7 Å². The quantitative estimate of drug-likeness (QED) is 0.262. The van der Waals surface area contributed by atoms with Crippen molar-refractivity contribution >= 4 is 5.97 Å². The smallest absolute Gasteiger partial charge is 0.338 e. The Morgan fingerprint density at radius 1 is 0.706 bits per heavy atom. The second-order valence-corrected chi connectivity index (χ2v) is 7.90. The Kier molecular flexibility index (Phi) is 7.13. The Bertz CT molecular complexity index is 1180. The molecule has 0 aliphatic rings. The van der Waals surface area contributed by atoms with Gasteiger partial charge in [-0.1, -0.05) is 65.7 Å². The standard InChI is InChI=1S/C29H26O5/c1-20-9-13-24(14-10-20)33-26-17-23(29(30)31-3)18-27(34-25-15-11-21(2)12-16-25)28(26)32-19-22-7-5-4-6-8-22/h4-18H,19H2,1-3H3. The number of carbonyl (C=O) groups is 1. The van der Waals surface area contributed by atoms with Crippen LogP contribution in [0.3, 0.4) is 0 Å². The maximum absolute atomic E-state index is 12.4. The predicted octanol–water partition coefficient (Wildman–Crippen LogP) is 7.25. The molecule has 4 rings (SSSR count). The summed E-state index contributed by atoms with van der Waals surface area (Å²) in [5.41, 5.74) is 3.50. The van der Waals surface area contributed by atoms with Gasteiger partial charge in [0.2, 0.25) is 5.75 Å². The first-order valence-corrected chi connectivity index (χ1v) is 10.9. The van der Waals surface area contributed by atoms with Gasteiger partial charge in [-0.15, -0.1) is 0 Å². The molecule has 4 aromatic carbocycles. The molecule has 0 spiro atoms. The van der Waals surface area contributed by atoms with E-state index in [0.29, 0.717) is 40.9 Å².